The predicted octanol–water partition coefficient (Wildman–Crippen LogP) is 5.71. The molecule has 2 rings (SSSR count). The second-order valence-electron chi connectivity index (χ2n) is 4.94. The van der Waals surface area contributed by atoms with Crippen molar-refractivity contribution in [1.29, 1.82) is 0 Å². The number of anilines is 1. The summed E-state index contributed by atoms with van der Waals surface area (Å²) in [4.78, 5) is 0. The highest BCUT2D eigenvalue weighted by molar-refractivity contribution is 9.11. The van der Waals surface area contributed by atoms with Gasteiger partial charge in [0.05, 0.1) is 0 Å². The maximum absolute atomic E-state index is 10.0. The number of hydrogen-bond donors (Lipinski definition) is 2. The lowest BCUT2D eigenvalue weighted by molar-refractivity contribution is 0.467. The lowest BCUT2D eigenvalue weighted by Crippen LogP contribution is -2.08. The van der Waals surface area contributed by atoms with E-state index in [1.807, 2.05) is 38.1 Å². The van der Waals surface area contributed by atoms with E-state index in [4.69, 9.17) is 0 Å². The van der Waals surface area contributed by atoms with Gasteiger partial charge in [-0.25, -0.2) is 0 Å². The fraction of sp³-hybridized carbons (Fsp3) is 0.250. The van der Waals surface area contributed by atoms with Gasteiger partial charge in [-0.2, -0.15) is 0 Å². The molecule has 4 heteroatoms. The van der Waals surface area contributed by atoms with Gasteiger partial charge in [0.15, 0.2) is 0 Å². The largest absolute Gasteiger partial charge is 0.507 e. The molecule has 2 aromatic carbocycles. The van der Waals surface area contributed by atoms with Gasteiger partial charge in [0, 0.05) is 26.2 Å². The summed E-state index contributed by atoms with van der Waals surface area (Å²) in [6.07, 6.45) is 0. The van der Waals surface area contributed by atoms with Gasteiger partial charge in [-0.15, -0.1) is 0 Å². The zero-order valence-electron chi connectivity index (χ0n) is 11.7. The molecule has 0 amide bonds. The van der Waals surface area contributed by atoms with Crippen LogP contribution < -0.4 is 5.32 Å². The summed E-state index contributed by atoms with van der Waals surface area (Å²) in [6, 6.07) is 10.2. The topological polar surface area (TPSA) is 32.3 Å². The molecule has 2 aromatic rings. The molecule has 1 atom stereocenters. The van der Waals surface area contributed by atoms with E-state index in [-0.39, 0.29) is 6.04 Å². The van der Waals surface area contributed by atoms with Crippen LogP contribution in [-0.4, -0.2) is 5.11 Å². The van der Waals surface area contributed by atoms with Gasteiger partial charge < -0.3 is 10.4 Å². The summed E-state index contributed by atoms with van der Waals surface area (Å²) in [5.41, 5.74) is 3.90. The lowest BCUT2D eigenvalue weighted by atomic mass is 10.1. The fourth-order valence-corrected chi connectivity index (χ4v) is 3.55. The Hall–Kier alpha value is -1.000. The Bertz CT molecular complexity index is 641. The maximum Gasteiger partial charge on any atom is 0.123 e. The summed E-state index contributed by atoms with van der Waals surface area (Å²) < 4.78 is 2.10. The second kappa shape index (κ2) is 6.19. The number of aryl methyl sites for hydroxylation is 1. The summed E-state index contributed by atoms with van der Waals surface area (Å²) in [7, 11) is 0. The van der Waals surface area contributed by atoms with Gasteiger partial charge in [-0.3, -0.25) is 0 Å². The fourth-order valence-electron chi connectivity index (χ4n) is 2.16. The second-order valence-corrected chi connectivity index (χ2v) is 6.71. The molecule has 2 N–H and O–H groups in total. The maximum atomic E-state index is 10.0. The zero-order chi connectivity index (χ0) is 14.9. The van der Waals surface area contributed by atoms with Gasteiger partial charge in [-0.1, -0.05) is 44.0 Å². The van der Waals surface area contributed by atoms with Crippen molar-refractivity contribution in [3.05, 3.63) is 56.0 Å². The molecule has 0 heterocycles. The highest BCUT2D eigenvalue weighted by Gasteiger charge is 2.12. The van der Waals surface area contributed by atoms with E-state index in [2.05, 4.69) is 50.2 Å². The average molecular weight is 399 g/mol. The number of phenolic OH excluding ortho intramolecular Hbond substituents is 1. The molecule has 0 saturated carbocycles. The van der Waals surface area contributed by atoms with Crippen molar-refractivity contribution in [1.82, 2.24) is 0 Å². The van der Waals surface area contributed by atoms with Crippen LogP contribution in [0.25, 0.3) is 0 Å². The third kappa shape index (κ3) is 3.18. The molecule has 0 bridgehead atoms. The minimum atomic E-state index is 0.137. The first-order valence-corrected chi connectivity index (χ1v) is 7.99. The third-order valence-corrected chi connectivity index (χ3v) is 4.61. The first-order valence-electron chi connectivity index (χ1n) is 6.40. The Kier molecular flexibility index (Phi) is 4.76. The molecular weight excluding hydrogens is 382 g/mol. The first kappa shape index (κ1) is 15.4. The van der Waals surface area contributed by atoms with Crippen LogP contribution in [0.2, 0.25) is 0 Å². The van der Waals surface area contributed by atoms with Gasteiger partial charge in [0.1, 0.15) is 5.75 Å². The van der Waals surface area contributed by atoms with E-state index in [0.29, 0.717) is 5.75 Å². The van der Waals surface area contributed by atoms with Crippen molar-refractivity contribution in [3.63, 3.8) is 0 Å². The number of nitrogens with one attached hydrogen (secondary N) is 1. The number of aromatic hydroxyl groups is 1. The molecule has 0 spiro atoms. The number of rotatable bonds is 3. The molecule has 0 radical (unpaired) electrons. The van der Waals surface area contributed by atoms with Gasteiger partial charge in [0.2, 0.25) is 0 Å². The normalized spacial score (nSPS) is 12.2. The molecular formula is C16H17Br2NO. The Morgan fingerprint density at radius 3 is 2.45 bits per heavy atom. The van der Waals surface area contributed by atoms with Crippen molar-refractivity contribution in [3.8, 4) is 5.75 Å². The predicted molar refractivity (Wildman–Crippen MR) is 91.5 cm³/mol. The van der Waals surface area contributed by atoms with E-state index in [0.717, 1.165) is 25.8 Å². The highest BCUT2D eigenvalue weighted by Crippen LogP contribution is 2.33. The molecule has 2 nitrogen and oxygen atoms in total. The highest BCUT2D eigenvalue weighted by atomic mass is 79.9. The SMILES string of the molecule is Cc1ccc(NC(C)c2ccc(Br)cc2Br)c(C)c1O. The van der Waals surface area contributed by atoms with Crippen LogP contribution in [0.15, 0.2) is 39.3 Å². The zero-order valence-corrected chi connectivity index (χ0v) is 14.8. The Balaban J connectivity index is 2.28. The monoisotopic (exact) mass is 397 g/mol. The number of phenols is 1. The molecule has 0 aromatic heterocycles. The standard InChI is InChI=1S/C16H17Br2NO/c1-9-4-7-15(10(2)16(9)20)19-11(3)13-6-5-12(17)8-14(13)18/h4-8,11,19-20H,1-3H3. The van der Waals surface area contributed by atoms with Crippen molar-refractivity contribution in [2.45, 2.75) is 26.8 Å². The minimum Gasteiger partial charge on any atom is -0.507 e. The van der Waals surface area contributed by atoms with Crippen LogP contribution in [0.1, 0.15) is 29.7 Å². The quantitative estimate of drug-likeness (QED) is 0.694. The van der Waals surface area contributed by atoms with Gasteiger partial charge in [-0.05, 0) is 50.1 Å². The Labute approximate surface area is 136 Å². The van der Waals surface area contributed by atoms with E-state index in [1.54, 1.807) is 0 Å². The number of benzene rings is 2. The van der Waals surface area contributed by atoms with Gasteiger partial charge in [0.25, 0.3) is 0 Å². The summed E-state index contributed by atoms with van der Waals surface area (Å²) in [5.74, 6) is 0.358. The van der Waals surface area contributed by atoms with Crippen LogP contribution in [0.4, 0.5) is 5.69 Å². The summed E-state index contributed by atoms with van der Waals surface area (Å²) >= 11 is 7.04. The molecule has 0 aliphatic heterocycles. The molecule has 1 unspecified atom stereocenters. The lowest BCUT2D eigenvalue weighted by Gasteiger charge is -2.20. The third-order valence-electron chi connectivity index (χ3n) is 3.43. The van der Waals surface area contributed by atoms with Crippen molar-refractivity contribution in [2.75, 3.05) is 5.32 Å². The Morgan fingerprint density at radius 1 is 1.10 bits per heavy atom. The molecule has 0 aliphatic rings. The molecule has 0 fully saturated rings. The molecule has 0 aliphatic carbocycles. The van der Waals surface area contributed by atoms with Crippen LogP contribution in [0, 0.1) is 13.8 Å². The van der Waals surface area contributed by atoms with Crippen molar-refractivity contribution >= 4 is 37.5 Å². The van der Waals surface area contributed by atoms with Crippen molar-refractivity contribution < 1.29 is 5.11 Å². The van der Waals surface area contributed by atoms with Crippen LogP contribution in [0.3, 0.4) is 0 Å². The van der Waals surface area contributed by atoms with Crippen LogP contribution in [0.5, 0.6) is 5.75 Å². The number of halogens is 2. The smallest absolute Gasteiger partial charge is 0.123 e. The molecule has 106 valence electrons. The van der Waals surface area contributed by atoms with E-state index in [9.17, 15) is 5.11 Å². The average Bonchev–Trinajstić information content (AvgIpc) is 2.39. The summed E-state index contributed by atoms with van der Waals surface area (Å²) in [5, 5.41) is 13.5. The molecule has 0 saturated heterocycles. The van der Waals surface area contributed by atoms with Crippen LogP contribution in [-0.2, 0) is 0 Å². The summed E-state index contributed by atoms with van der Waals surface area (Å²) in [6.45, 7) is 5.93. The number of hydrogen-bond acceptors (Lipinski definition) is 2. The molecule has 20 heavy (non-hydrogen) atoms. The van der Waals surface area contributed by atoms with Gasteiger partial charge >= 0.3 is 0 Å². The van der Waals surface area contributed by atoms with E-state index in [1.165, 1.54) is 5.56 Å². The van der Waals surface area contributed by atoms with E-state index >= 15 is 0 Å². The van der Waals surface area contributed by atoms with E-state index < -0.39 is 0 Å². The van der Waals surface area contributed by atoms with Crippen molar-refractivity contribution in [2.24, 2.45) is 0 Å². The Morgan fingerprint density at radius 2 is 1.80 bits per heavy atom. The van der Waals surface area contributed by atoms with Crippen LogP contribution >= 0.6 is 31.9 Å². The minimum absolute atomic E-state index is 0.137. The first-order chi connectivity index (χ1) is 9.40.